The number of halogens is 1. The molecule has 8 nitrogen and oxygen atoms in total. The number of para-hydroxylation sites is 1. The lowest BCUT2D eigenvalue weighted by Crippen LogP contribution is -2.64. The third-order valence-corrected chi connectivity index (χ3v) is 7.38. The summed E-state index contributed by atoms with van der Waals surface area (Å²) in [5.74, 6) is -1.26. The lowest BCUT2D eigenvalue weighted by atomic mass is 9.98. The molecule has 0 spiro atoms. The first kappa shape index (κ1) is 23.0. The van der Waals surface area contributed by atoms with Crippen molar-refractivity contribution < 1.29 is 23.6 Å². The summed E-state index contributed by atoms with van der Waals surface area (Å²) in [7, 11) is 0. The first-order chi connectivity index (χ1) is 16.7. The zero-order valence-corrected chi connectivity index (χ0v) is 19.8. The molecule has 182 valence electrons. The van der Waals surface area contributed by atoms with Crippen molar-refractivity contribution in [1.29, 1.82) is 0 Å². The summed E-state index contributed by atoms with van der Waals surface area (Å²) < 4.78 is 13.9. The quantitative estimate of drug-likeness (QED) is 0.679. The standard InChI is InChI=1S/C26H27FN4O4/c1-17-7-8-18(15-20(17)27)24(34)29-13-11-28(12-14-29)23(33)16-30-25(35)19-5-3-4-6-21(19)31-22(32)9-10-26(30,31)2/h3-8,15H,9-14,16H2,1-2H3. The molecule has 4 amide bonds. The van der Waals surface area contributed by atoms with Gasteiger partial charge in [0.25, 0.3) is 11.8 Å². The summed E-state index contributed by atoms with van der Waals surface area (Å²) >= 11 is 0. The zero-order chi connectivity index (χ0) is 24.9. The van der Waals surface area contributed by atoms with Crippen LogP contribution in [0.25, 0.3) is 0 Å². The van der Waals surface area contributed by atoms with Crippen molar-refractivity contribution in [3.05, 3.63) is 65.0 Å². The normalized spacial score (nSPS) is 21.8. The number of hydrogen-bond donors (Lipinski definition) is 0. The van der Waals surface area contributed by atoms with Crippen LogP contribution >= 0.6 is 0 Å². The number of amides is 4. The van der Waals surface area contributed by atoms with Crippen LogP contribution in [-0.4, -0.2) is 76.7 Å². The number of hydrogen-bond acceptors (Lipinski definition) is 4. The number of aryl methyl sites for hydroxylation is 1. The van der Waals surface area contributed by atoms with Crippen LogP contribution in [0, 0.1) is 12.7 Å². The van der Waals surface area contributed by atoms with E-state index in [1.54, 1.807) is 58.0 Å². The van der Waals surface area contributed by atoms with Crippen LogP contribution in [0.5, 0.6) is 0 Å². The number of carbonyl (C=O) groups excluding carboxylic acids is 4. The minimum absolute atomic E-state index is 0.0652. The van der Waals surface area contributed by atoms with E-state index >= 15 is 0 Å². The fraction of sp³-hybridized carbons (Fsp3) is 0.385. The molecule has 0 aromatic heterocycles. The fourth-order valence-corrected chi connectivity index (χ4v) is 5.24. The van der Waals surface area contributed by atoms with E-state index in [1.807, 2.05) is 6.92 Å². The Hall–Kier alpha value is -3.75. The van der Waals surface area contributed by atoms with Crippen LogP contribution in [0.4, 0.5) is 10.1 Å². The molecule has 1 unspecified atom stereocenters. The molecule has 0 N–H and O–H groups in total. The van der Waals surface area contributed by atoms with E-state index < -0.39 is 11.5 Å². The predicted octanol–water partition coefficient (Wildman–Crippen LogP) is 2.42. The minimum atomic E-state index is -0.897. The Bertz CT molecular complexity index is 1240. The van der Waals surface area contributed by atoms with Crippen LogP contribution < -0.4 is 4.90 Å². The molecule has 0 radical (unpaired) electrons. The number of fused-ring (bicyclic) bond motifs is 3. The second-order valence-corrected chi connectivity index (χ2v) is 9.49. The molecule has 3 aliphatic heterocycles. The second kappa shape index (κ2) is 8.48. The zero-order valence-electron chi connectivity index (χ0n) is 19.8. The highest BCUT2D eigenvalue weighted by atomic mass is 19.1. The van der Waals surface area contributed by atoms with Gasteiger partial charge in [0.15, 0.2) is 0 Å². The maximum absolute atomic E-state index is 13.9. The van der Waals surface area contributed by atoms with Gasteiger partial charge in [-0.1, -0.05) is 18.2 Å². The van der Waals surface area contributed by atoms with Gasteiger partial charge in [-0.3, -0.25) is 24.1 Å². The summed E-state index contributed by atoms with van der Waals surface area (Å²) in [5, 5.41) is 0. The minimum Gasteiger partial charge on any atom is -0.338 e. The van der Waals surface area contributed by atoms with Gasteiger partial charge in [-0.2, -0.15) is 0 Å². The largest absolute Gasteiger partial charge is 0.338 e. The molecular weight excluding hydrogens is 451 g/mol. The highest BCUT2D eigenvalue weighted by molar-refractivity contribution is 6.11. The lowest BCUT2D eigenvalue weighted by Gasteiger charge is -2.49. The molecule has 2 fully saturated rings. The van der Waals surface area contributed by atoms with Gasteiger partial charge in [-0.15, -0.1) is 0 Å². The molecule has 0 aliphatic carbocycles. The van der Waals surface area contributed by atoms with Crippen LogP contribution in [0.15, 0.2) is 42.5 Å². The van der Waals surface area contributed by atoms with Gasteiger partial charge >= 0.3 is 0 Å². The smallest absolute Gasteiger partial charge is 0.258 e. The van der Waals surface area contributed by atoms with Crippen LogP contribution in [0.2, 0.25) is 0 Å². The van der Waals surface area contributed by atoms with Crippen molar-refractivity contribution >= 4 is 29.3 Å². The molecule has 9 heteroatoms. The SMILES string of the molecule is Cc1ccc(C(=O)N2CCN(C(=O)CN3C(=O)c4ccccc4N4C(=O)CCC34C)CC2)cc1F. The van der Waals surface area contributed by atoms with Gasteiger partial charge in [-0.05, 0) is 50.1 Å². The van der Waals surface area contributed by atoms with Crippen LogP contribution in [-0.2, 0) is 9.59 Å². The average Bonchev–Trinajstić information content (AvgIpc) is 3.18. The number of benzene rings is 2. The Morgan fingerprint density at radius 2 is 1.69 bits per heavy atom. The predicted molar refractivity (Wildman–Crippen MR) is 126 cm³/mol. The van der Waals surface area contributed by atoms with Crippen molar-refractivity contribution in [3.63, 3.8) is 0 Å². The molecule has 2 aromatic rings. The number of rotatable bonds is 3. The first-order valence-corrected chi connectivity index (χ1v) is 11.8. The van der Waals surface area contributed by atoms with E-state index in [2.05, 4.69) is 0 Å². The van der Waals surface area contributed by atoms with E-state index in [4.69, 9.17) is 0 Å². The van der Waals surface area contributed by atoms with E-state index in [0.717, 1.165) is 0 Å². The van der Waals surface area contributed by atoms with E-state index in [0.29, 0.717) is 55.8 Å². The third kappa shape index (κ3) is 3.75. The second-order valence-electron chi connectivity index (χ2n) is 9.49. The van der Waals surface area contributed by atoms with Gasteiger partial charge in [0, 0.05) is 38.2 Å². The summed E-state index contributed by atoms with van der Waals surface area (Å²) in [6.07, 6.45) is 0.762. The van der Waals surface area contributed by atoms with Crippen molar-refractivity contribution in [2.45, 2.75) is 32.4 Å². The summed E-state index contributed by atoms with van der Waals surface area (Å²) in [6.45, 7) is 4.59. The van der Waals surface area contributed by atoms with Crippen molar-refractivity contribution in [2.75, 3.05) is 37.6 Å². The average molecular weight is 479 g/mol. The summed E-state index contributed by atoms with van der Waals surface area (Å²) in [4.78, 5) is 58.5. The Balaban J connectivity index is 1.28. The lowest BCUT2D eigenvalue weighted by molar-refractivity contribution is -0.135. The monoisotopic (exact) mass is 478 g/mol. The Morgan fingerprint density at radius 1 is 1.00 bits per heavy atom. The molecule has 2 saturated heterocycles. The maximum atomic E-state index is 13.9. The van der Waals surface area contributed by atoms with E-state index in [-0.39, 0.29) is 35.7 Å². The van der Waals surface area contributed by atoms with Crippen molar-refractivity contribution in [2.24, 2.45) is 0 Å². The number of nitrogens with zero attached hydrogens (tertiary/aromatic N) is 4. The molecule has 5 rings (SSSR count). The topological polar surface area (TPSA) is 81.2 Å². The maximum Gasteiger partial charge on any atom is 0.258 e. The Kier molecular flexibility index (Phi) is 5.57. The van der Waals surface area contributed by atoms with Crippen LogP contribution in [0.1, 0.15) is 46.0 Å². The Morgan fingerprint density at radius 3 is 2.40 bits per heavy atom. The summed E-state index contributed by atoms with van der Waals surface area (Å²) in [5.41, 5.74) is 0.859. The first-order valence-electron chi connectivity index (χ1n) is 11.8. The summed E-state index contributed by atoms with van der Waals surface area (Å²) in [6, 6.07) is 11.4. The molecule has 0 saturated carbocycles. The van der Waals surface area contributed by atoms with Gasteiger partial charge < -0.3 is 14.7 Å². The molecule has 3 heterocycles. The van der Waals surface area contributed by atoms with Gasteiger partial charge in [0.1, 0.15) is 18.0 Å². The van der Waals surface area contributed by atoms with Crippen LogP contribution in [0.3, 0.4) is 0 Å². The Labute approximate surface area is 202 Å². The van der Waals surface area contributed by atoms with Gasteiger partial charge in [0.05, 0.1) is 11.3 Å². The van der Waals surface area contributed by atoms with Gasteiger partial charge in [0.2, 0.25) is 11.8 Å². The van der Waals surface area contributed by atoms with Crippen molar-refractivity contribution in [1.82, 2.24) is 14.7 Å². The number of anilines is 1. The molecular formula is C26H27FN4O4. The van der Waals surface area contributed by atoms with Gasteiger partial charge in [-0.25, -0.2) is 4.39 Å². The molecule has 3 aliphatic rings. The molecule has 2 aromatic carbocycles. The van der Waals surface area contributed by atoms with Crippen molar-refractivity contribution in [3.8, 4) is 0 Å². The molecule has 1 atom stereocenters. The highest BCUT2D eigenvalue weighted by Gasteiger charge is 2.53. The molecule has 35 heavy (non-hydrogen) atoms. The molecule has 0 bridgehead atoms. The third-order valence-electron chi connectivity index (χ3n) is 7.38. The van der Waals surface area contributed by atoms with E-state index in [9.17, 15) is 23.6 Å². The van der Waals surface area contributed by atoms with E-state index in [1.165, 1.54) is 11.0 Å². The highest BCUT2D eigenvalue weighted by Crippen LogP contribution is 2.43. The fourth-order valence-electron chi connectivity index (χ4n) is 5.24. The number of piperazine rings is 1. The number of carbonyl (C=O) groups is 4.